The third-order valence-corrected chi connectivity index (χ3v) is 6.32. The van der Waals surface area contributed by atoms with Gasteiger partial charge in [0, 0.05) is 33.3 Å². The number of anilines is 2. The van der Waals surface area contributed by atoms with Gasteiger partial charge < -0.3 is 15.7 Å². The summed E-state index contributed by atoms with van der Waals surface area (Å²) in [6.07, 6.45) is 0.508. The van der Waals surface area contributed by atoms with Crippen molar-refractivity contribution in [3.8, 4) is 11.1 Å². The summed E-state index contributed by atoms with van der Waals surface area (Å²) < 4.78 is 29.7. The summed E-state index contributed by atoms with van der Waals surface area (Å²) in [5, 5.41) is 14.3. The van der Waals surface area contributed by atoms with Crippen LogP contribution in [0.5, 0.6) is 0 Å². The van der Waals surface area contributed by atoms with Crippen LogP contribution in [0.1, 0.15) is 35.7 Å². The van der Waals surface area contributed by atoms with Crippen molar-refractivity contribution < 1.29 is 28.3 Å². The normalized spacial score (nSPS) is 17.0. The topological polar surface area (TPSA) is 95.5 Å². The van der Waals surface area contributed by atoms with Gasteiger partial charge in [0.25, 0.3) is 0 Å². The first-order valence-corrected chi connectivity index (χ1v) is 11.2. The summed E-state index contributed by atoms with van der Waals surface area (Å²) >= 11 is 5.87. The van der Waals surface area contributed by atoms with Gasteiger partial charge in [-0.15, -0.1) is 0 Å². The van der Waals surface area contributed by atoms with Gasteiger partial charge in [-0.1, -0.05) is 42.8 Å². The van der Waals surface area contributed by atoms with E-state index >= 15 is 0 Å². The third-order valence-electron chi connectivity index (χ3n) is 6.08. The number of Topliss-reactive ketones (excluding diaryl/α,β-unsaturated/α-hetero) is 1. The van der Waals surface area contributed by atoms with Crippen molar-refractivity contribution in [3.63, 3.8) is 0 Å². The summed E-state index contributed by atoms with van der Waals surface area (Å²) in [5.41, 5.74) is 0.413. The van der Waals surface area contributed by atoms with Gasteiger partial charge in [0.1, 0.15) is 11.6 Å². The van der Waals surface area contributed by atoms with Crippen LogP contribution in [-0.4, -0.2) is 22.9 Å². The molecule has 0 fully saturated rings. The van der Waals surface area contributed by atoms with Gasteiger partial charge in [-0.3, -0.25) is 9.59 Å². The lowest BCUT2D eigenvalue weighted by Crippen LogP contribution is -2.35. The Morgan fingerprint density at radius 3 is 2.51 bits per heavy atom. The minimum atomic E-state index is -1.05. The maximum absolute atomic E-state index is 14.9. The van der Waals surface area contributed by atoms with Gasteiger partial charge in [-0.25, -0.2) is 13.6 Å². The van der Waals surface area contributed by atoms with Gasteiger partial charge in [-0.05, 0) is 48.2 Å². The van der Waals surface area contributed by atoms with Crippen molar-refractivity contribution in [2.75, 3.05) is 10.6 Å². The molecule has 6 nitrogen and oxygen atoms in total. The first kappa shape index (κ1) is 24.3. The molecule has 1 aliphatic carbocycles. The van der Waals surface area contributed by atoms with E-state index in [1.54, 1.807) is 31.2 Å². The second-order valence-electron chi connectivity index (χ2n) is 8.73. The van der Waals surface area contributed by atoms with E-state index in [0.29, 0.717) is 40.2 Å². The Kier molecular flexibility index (Phi) is 6.58. The number of halogens is 3. The van der Waals surface area contributed by atoms with E-state index in [-0.39, 0.29) is 23.5 Å². The SMILES string of the molecule is CC1(CC(=O)O)CCc2cc(-c3cc(F)c(NC(=O)Nc4cccc(Cl)c4)cc3F)ccc2C1=O. The van der Waals surface area contributed by atoms with Gasteiger partial charge in [-0.2, -0.15) is 0 Å². The van der Waals surface area contributed by atoms with Crippen LogP contribution in [-0.2, 0) is 11.2 Å². The number of hydrogen-bond acceptors (Lipinski definition) is 3. The lowest BCUT2D eigenvalue weighted by Gasteiger charge is -2.32. The number of carbonyl (C=O) groups excluding carboxylic acids is 2. The molecule has 1 unspecified atom stereocenters. The zero-order valence-electron chi connectivity index (χ0n) is 18.6. The molecule has 3 aromatic carbocycles. The van der Waals surface area contributed by atoms with E-state index in [0.717, 1.165) is 12.1 Å². The molecule has 9 heteroatoms. The molecule has 0 aliphatic heterocycles. The largest absolute Gasteiger partial charge is 0.481 e. The molecule has 3 N–H and O–H groups in total. The molecule has 0 saturated carbocycles. The first-order chi connectivity index (χ1) is 16.6. The highest BCUT2D eigenvalue weighted by molar-refractivity contribution is 6.30. The lowest BCUT2D eigenvalue weighted by molar-refractivity contribution is -0.139. The first-order valence-electron chi connectivity index (χ1n) is 10.8. The molecule has 1 aliphatic rings. The van der Waals surface area contributed by atoms with Crippen LogP contribution in [0.3, 0.4) is 0 Å². The minimum Gasteiger partial charge on any atom is -0.481 e. The van der Waals surface area contributed by atoms with Gasteiger partial charge in [0.2, 0.25) is 0 Å². The molecule has 0 spiro atoms. The monoisotopic (exact) mass is 498 g/mol. The molecular formula is C26H21ClF2N2O4. The molecule has 0 radical (unpaired) electrons. The standard InChI is InChI=1S/C26H21ClF2N2O4/c1-26(13-23(32)33)8-7-15-9-14(5-6-18(15)24(26)34)19-11-21(29)22(12-20(19)28)31-25(35)30-17-4-2-3-16(27)10-17/h2-6,9-12H,7-8,13H2,1H3,(H,32,33)(H2,30,31,35). The number of amides is 2. The average Bonchev–Trinajstić information content (AvgIpc) is 2.78. The van der Waals surface area contributed by atoms with Crippen LogP contribution in [0.4, 0.5) is 25.0 Å². The number of carboxylic acid groups (broad SMARTS) is 1. The third kappa shape index (κ3) is 5.17. The Labute approximate surface area is 204 Å². The number of aliphatic carboxylic acids is 1. The van der Waals surface area contributed by atoms with E-state index in [2.05, 4.69) is 10.6 Å². The Bertz CT molecular complexity index is 1360. The smallest absolute Gasteiger partial charge is 0.323 e. The van der Waals surface area contributed by atoms with Crippen LogP contribution in [0.2, 0.25) is 5.02 Å². The minimum absolute atomic E-state index is 0.0302. The van der Waals surface area contributed by atoms with Crippen LogP contribution in [0.25, 0.3) is 11.1 Å². The summed E-state index contributed by atoms with van der Waals surface area (Å²) in [6, 6.07) is 12.1. The van der Waals surface area contributed by atoms with Crippen LogP contribution in [0.15, 0.2) is 54.6 Å². The second-order valence-corrected chi connectivity index (χ2v) is 9.17. The maximum atomic E-state index is 14.9. The quantitative estimate of drug-likeness (QED) is 0.372. The molecule has 2 amide bonds. The van der Waals surface area contributed by atoms with Crippen molar-refractivity contribution in [1.82, 2.24) is 0 Å². The van der Waals surface area contributed by atoms with Crippen molar-refractivity contribution in [1.29, 1.82) is 0 Å². The number of urea groups is 1. The van der Waals surface area contributed by atoms with Gasteiger partial charge in [0.05, 0.1) is 12.1 Å². The predicted octanol–water partition coefficient (Wildman–Crippen LogP) is 6.54. The zero-order chi connectivity index (χ0) is 25.3. The van der Waals surface area contributed by atoms with Crippen molar-refractivity contribution in [2.45, 2.75) is 26.2 Å². The molecule has 3 aromatic rings. The highest BCUT2D eigenvalue weighted by Gasteiger charge is 2.40. The Hall–Kier alpha value is -3.78. The number of fused-ring (bicyclic) bond motifs is 1. The van der Waals surface area contributed by atoms with Crippen molar-refractivity contribution in [3.05, 3.63) is 82.4 Å². The molecule has 0 aromatic heterocycles. The Balaban J connectivity index is 1.56. The highest BCUT2D eigenvalue weighted by Crippen LogP contribution is 2.40. The van der Waals surface area contributed by atoms with Crippen LogP contribution >= 0.6 is 11.6 Å². The highest BCUT2D eigenvalue weighted by atomic mass is 35.5. The second kappa shape index (κ2) is 9.46. The van der Waals surface area contributed by atoms with Crippen LogP contribution in [0, 0.1) is 17.0 Å². The molecule has 4 rings (SSSR count). The van der Waals surface area contributed by atoms with E-state index in [9.17, 15) is 23.2 Å². The summed E-state index contributed by atoms with van der Waals surface area (Å²) in [5.74, 6) is -2.93. The zero-order valence-corrected chi connectivity index (χ0v) is 19.4. The van der Waals surface area contributed by atoms with E-state index in [1.165, 1.54) is 18.2 Å². The van der Waals surface area contributed by atoms with Crippen molar-refractivity contribution in [2.24, 2.45) is 5.41 Å². The number of nitrogens with one attached hydrogen (secondary N) is 2. The summed E-state index contributed by atoms with van der Waals surface area (Å²) in [4.78, 5) is 36.3. The summed E-state index contributed by atoms with van der Waals surface area (Å²) in [7, 11) is 0. The maximum Gasteiger partial charge on any atom is 0.323 e. The fourth-order valence-electron chi connectivity index (χ4n) is 4.26. The molecule has 0 bridgehead atoms. The van der Waals surface area contributed by atoms with Crippen LogP contribution < -0.4 is 10.6 Å². The van der Waals surface area contributed by atoms with E-state index in [1.807, 2.05) is 0 Å². The number of ketones is 1. The summed E-state index contributed by atoms with van der Waals surface area (Å²) in [6.45, 7) is 1.63. The Morgan fingerprint density at radius 2 is 1.80 bits per heavy atom. The fourth-order valence-corrected chi connectivity index (χ4v) is 4.45. The number of rotatable bonds is 5. The van der Waals surface area contributed by atoms with Gasteiger partial charge in [0.15, 0.2) is 5.78 Å². The van der Waals surface area contributed by atoms with E-state index < -0.39 is 29.0 Å². The fraction of sp³-hybridized carbons (Fsp3) is 0.192. The van der Waals surface area contributed by atoms with E-state index in [4.69, 9.17) is 16.7 Å². The number of carbonyl (C=O) groups is 3. The van der Waals surface area contributed by atoms with Crippen molar-refractivity contribution >= 4 is 40.8 Å². The number of carboxylic acids is 1. The van der Waals surface area contributed by atoms with Gasteiger partial charge >= 0.3 is 12.0 Å². The predicted molar refractivity (Wildman–Crippen MR) is 129 cm³/mol. The number of aryl methyl sites for hydroxylation is 1. The lowest BCUT2D eigenvalue weighted by atomic mass is 9.69. The molecule has 1 atom stereocenters. The number of hydrogen-bond donors (Lipinski definition) is 3. The molecule has 0 heterocycles. The molecule has 35 heavy (non-hydrogen) atoms. The number of benzene rings is 3. The Morgan fingerprint density at radius 1 is 1.03 bits per heavy atom. The molecular weight excluding hydrogens is 478 g/mol. The average molecular weight is 499 g/mol. The molecule has 0 saturated heterocycles. The molecule has 180 valence electrons.